The second-order valence-electron chi connectivity index (χ2n) is 4.69. The molecule has 0 fully saturated rings. The molecular weight excluding hydrogens is 357 g/mol. The maximum atomic E-state index is 13.3. The lowest BCUT2D eigenvalue weighted by Crippen LogP contribution is -2.34. The molecule has 0 aromatic heterocycles. The number of likely N-dealkylation sites (N-methyl/N-ethyl adjacent to an activating group) is 1. The maximum absolute atomic E-state index is 13.3. The van der Waals surface area contributed by atoms with E-state index in [1.807, 2.05) is 19.2 Å². The molecule has 1 N–H and O–H groups in total. The Kier molecular flexibility index (Phi) is 6.03. The highest BCUT2D eigenvalue weighted by molar-refractivity contribution is 9.10. The third-order valence-corrected chi connectivity index (χ3v) is 4.14. The van der Waals surface area contributed by atoms with Crippen molar-refractivity contribution in [3.05, 3.63) is 63.3 Å². The summed E-state index contributed by atoms with van der Waals surface area (Å²) in [7, 11) is 1.86. The Labute approximate surface area is 137 Å². The van der Waals surface area contributed by atoms with Crippen LogP contribution in [0, 0.1) is 5.82 Å². The van der Waals surface area contributed by atoms with Crippen LogP contribution in [0.25, 0.3) is 0 Å². The normalized spacial score (nSPS) is 12.2. The summed E-state index contributed by atoms with van der Waals surface area (Å²) in [6.45, 7) is 0.472. The van der Waals surface area contributed by atoms with Crippen LogP contribution in [0.1, 0.15) is 5.56 Å². The van der Waals surface area contributed by atoms with Gasteiger partial charge in [0, 0.05) is 15.5 Å². The Morgan fingerprint density at radius 1 is 1.29 bits per heavy atom. The first-order valence-electron chi connectivity index (χ1n) is 6.58. The number of ether oxygens (including phenoxy) is 1. The molecule has 0 bridgehead atoms. The molecule has 0 aliphatic heterocycles. The van der Waals surface area contributed by atoms with E-state index in [0.717, 1.165) is 15.8 Å². The van der Waals surface area contributed by atoms with Gasteiger partial charge in [-0.05, 0) is 55.4 Å². The number of benzene rings is 2. The monoisotopic (exact) mass is 371 g/mol. The molecule has 2 aromatic carbocycles. The third kappa shape index (κ3) is 4.99. The van der Waals surface area contributed by atoms with Crippen molar-refractivity contribution in [3.8, 4) is 5.75 Å². The molecule has 2 rings (SSSR count). The molecule has 1 atom stereocenters. The summed E-state index contributed by atoms with van der Waals surface area (Å²) in [6.07, 6.45) is 0.662. The second kappa shape index (κ2) is 7.78. The predicted octanol–water partition coefficient (Wildman–Crippen LogP) is 4.45. The first-order chi connectivity index (χ1) is 10.1. The Morgan fingerprint density at radius 2 is 2.10 bits per heavy atom. The van der Waals surface area contributed by atoms with E-state index in [0.29, 0.717) is 18.1 Å². The van der Waals surface area contributed by atoms with Gasteiger partial charge >= 0.3 is 0 Å². The van der Waals surface area contributed by atoms with E-state index in [2.05, 4.69) is 21.2 Å². The van der Waals surface area contributed by atoms with Crippen molar-refractivity contribution in [2.24, 2.45) is 0 Å². The van der Waals surface area contributed by atoms with E-state index in [9.17, 15) is 4.39 Å². The van der Waals surface area contributed by atoms with E-state index >= 15 is 0 Å². The fraction of sp³-hybridized carbons (Fsp3) is 0.250. The van der Waals surface area contributed by atoms with Crippen LogP contribution in [0.4, 0.5) is 4.39 Å². The SMILES string of the molecule is CNC(COc1cccc(Cl)c1)Cc1cc(F)ccc1Br. The summed E-state index contributed by atoms with van der Waals surface area (Å²) in [6, 6.07) is 12.0. The van der Waals surface area contributed by atoms with Gasteiger partial charge in [0.1, 0.15) is 18.2 Å². The summed E-state index contributed by atoms with van der Waals surface area (Å²) in [4.78, 5) is 0. The van der Waals surface area contributed by atoms with E-state index in [1.54, 1.807) is 18.2 Å². The third-order valence-electron chi connectivity index (χ3n) is 3.13. The van der Waals surface area contributed by atoms with Crippen LogP contribution in [-0.2, 0) is 6.42 Å². The molecule has 0 aliphatic carbocycles. The Hall–Kier alpha value is -1.10. The van der Waals surface area contributed by atoms with Gasteiger partial charge in [-0.1, -0.05) is 33.6 Å². The molecule has 0 saturated heterocycles. The zero-order valence-electron chi connectivity index (χ0n) is 11.6. The summed E-state index contributed by atoms with van der Waals surface area (Å²) in [5.74, 6) is 0.486. The molecule has 112 valence electrons. The zero-order valence-corrected chi connectivity index (χ0v) is 13.9. The van der Waals surface area contributed by atoms with Crippen LogP contribution in [0.2, 0.25) is 5.02 Å². The molecule has 0 saturated carbocycles. The molecule has 0 heterocycles. The van der Waals surface area contributed by atoms with Crippen molar-refractivity contribution in [2.75, 3.05) is 13.7 Å². The van der Waals surface area contributed by atoms with Gasteiger partial charge in [-0.25, -0.2) is 4.39 Å². The first kappa shape index (κ1) is 16.3. The minimum atomic E-state index is -0.237. The van der Waals surface area contributed by atoms with Gasteiger partial charge in [0.05, 0.1) is 0 Å². The molecule has 0 aliphatic rings. The Balaban J connectivity index is 1.98. The second-order valence-corrected chi connectivity index (χ2v) is 5.98. The highest BCUT2D eigenvalue weighted by Crippen LogP contribution is 2.21. The lowest BCUT2D eigenvalue weighted by molar-refractivity contribution is 0.269. The van der Waals surface area contributed by atoms with Gasteiger partial charge in [0.2, 0.25) is 0 Å². The average molecular weight is 373 g/mol. The molecular formula is C16H16BrClFNO. The smallest absolute Gasteiger partial charge is 0.123 e. The van der Waals surface area contributed by atoms with Crippen LogP contribution in [-0.4, -0.2) is 19.7 Å². The molecule has 2 nitrogen and oxygen atoms in total. The number of hydrogen-bond acceptors (Lipinski definition) is 2. The van der Waals surface area contributed by atoms with Gasteiger partial charge in [0.15, 0.2) is 0 Å². The molecule has 5 heteroatoms. The average Bonchev–Trinajstić information content (AvgIpc) is 2.47. The summed E-state index contributed by atoms with van der Waals surface area (Å²) in [5.41, 5.74) is 0.907. The molecule has 0 radical (unpaired) electrons. The van der Waals surface area contributed by atoms with Gasteiger partial charge in [0.25, 0.3) is 0 Å². The van der Waals surface area contributed by atoms with Crippen LogP contribution >= 0.6 is 27.5 Å². The quantitative estimate of drug-likeness (QED) is 0.809. The molecule has 1 unspecified atom stereocenters. The lowest BCUT2D eigenvalue weighted by Gasteiger charge is -2.18. The van der Waals surface area contributed by atoms with Crippen molar-refractivity contribution >= 4 is 27.5 Å². The fourth-order valence-corrected chi connectivity index (χ4v) is 2.55. The maximum Gasteiger partial charge on any atom is 0.123 e. The van der Waals surface area contributed by atoms with Crippen LogP contribution in [0.5, 0.6) is 5.75 Å². The molecule has 2 aromatic rings. The summed E-state index contributed by atoms with van der Waals surface area (Å²) < 4.78 is 19.9. The Morgan fingerprint density at radius 3 is 2.81 bits per heavy atom. The van der Waals surface area contributed by atoms with Crippen molar-refractivity contribution in [1.29, 1.82) is 0 Å². The van der Waals surface area contributed by atoms with Gasteiger partial charge < -0.3 is 10.1 Å². The van der Waals surface area contributed by atoms with E-state index in [4.69, 9.17) is 16.3 Å². The number of halogens is 3. The van der Waals surface area contributed by atoms with Crippen molar-refractivity contribution in [3.63, 3.8) is 0 Å². The minimum absolute atomic E-state index is 0.0714. The highest BCUT2D eigenvalue weighted by Gasteiger charge is 2.11. The first-order valence-corrected chi connectivity index (χ1v) is 7.75. The molecule has 0 spiro atoms. The Bertz CT molecular complexity index is 609. The van der Waals surface area contributed by atoms with Crippen molar-refractivity contribution in [2.45, 2.75) is 12.5 Å². The standard InChI is InChI=1S/C16H16BrClFNO/c1-20-14(8-11-7-13(19)5-6-16(11)17)10-21-15-4-2-3-12(18)9-15/h2-7,9,14,20H,8,10H2,1H3. The summed E-state index contributed by atoms with van der Waals surface area (Å²) >= 11 is 9.36. The topological polar surface area (TPSA) is 21.3 Å². The van der Waals surface area contributed by atoms with Crippen molar-refractivity contribution < 1.29 is 9.13 Å². The zero-order chi connectivity index (χ0) is 15.2. The largest absolute Gasteiger partial charge is 0.492 e. The van der Waals surface area contributed by atoms with Gasteiger partial charge in [-0.2, -0.15) is 0 Å². The van der Waals surface area contributed by atoms with Crippen LogP contribution in [0.15, 0.2) is 46.9 Å². The van der Waals surface area contributed by atoms with E-state index in [-0.39, 0.29) is 11.9 Å². The number of hydrogen-bond donors (Lipinski definition) is 1. The van der Waals surface area contributed by atoms with Crippen LogP contribution in [0.3, 0.4) is 0 Å². The van der Waals surface area contributed by atoms with Gasteiger partial charge in [-0.3, -0.25) is 0 Å². The van der Waals surface area contributed by atoms with Gasteiger partial charge in [-0.15, -0.1) is 0 Å². The van der Waals surface area contributed by atoms with E-state index in [1.165, 1.54) is 12.1 Å². The predicted molar refractivity (Wildman–Crippen MR) is 87.6 cm³/mol. The number of nitrogens with one attached hydrogen (secondary N) is 1. The lowest BCUT2D eigenvalue weighted by atomic mass is 10.1. The fourth-order valence-electron chi connectivity index (χ4n) is 1.96. The molecule has 21 heavy (non-hydrogen) atoms. The highest BCUT2D eigenvalue weighted by atomic mass is 79.9. The molecule has 0 amide bonds. The van der Waals surface area contributed by atoms with E-state index < -0.39 is 0 Å². The summed E-state index contributed by atoms with van der Waals surface area (Å²) in [5, 5.41) is 3.82. The van der Waals surface area contributed by atoms with Crippen molar-refractivity contribution in [1.82, 2.24) is 5.32 Å². The minimum Gasteiger partial charge on any atom is -0.492 e. The van der Waals surface area contributed by atoms with Crippen LogP contribution < -0.4 is 10.1 Å². The number of rotatable bonds is 6.